The zero-order valence-corrected chi connectivity index (χ0v) is 19.9. The standard InChI is InChI=1S/C27H23F2N5O3/c1-2-4-23(36)33-12-11-17(13-33)34-14-19(24-25(34)22(15-35)31-32-27(24)30)16-7-9-18(10-8-16)37-26-20(28)5-3-6-21(26)29/h3,5-10,14-15,17,22,31H,11-13H2,1H3,(H2,30,32). The van der Waals surface area contributed by atoms with Gasteiger partial charge in [-0.05, 0) is 49.1 Å². The summed E-state index contributed by atoms with van der Waals surface area (Å²) in [7, 11) is 0. The first-order chi connectivity index (χ1) is 17.9. The maximum Gasteiger partial charge on any atom is 0.298 e. The van der Waals surface area contributed by atoms with Gasteiger partial charge >= 0.3 is 0 Å². The van der Waals surface area contributed by atoms with Gasteiger partial charge in [-0.1, -0.05) is 24.1 Å². The molecule has 1 amide bonds. The minimum absolute atomic E-state index is 0.0908. The van der Waals surface area contributed by atoms with Crippen LogP contribution in [0.3, 0.4) is 0 Å². The number of amidine groups is 1. The molecule has 1 saturated heterocycles. The largest absolute Gasteiger partial charge is 0.451 e. The topological polar surface area (TPSA) is 102 Å². The van der Waals surface area contributed by atoms with Crippen LogP contribution in [0.2, 0.25) is 0 Å². The number of fused-ring (bicyclic) bond motifs is 1. The Morgan fingerprint density at radius 2 is 1.95 bits per heavy atom. The number of carbonyl (C=O) groups is 2. The fraction of sp³-hybridized carbons (Fsp3) is 0.222. The fourth-order valence-electron chi connectivity index (χ4n) is 4.74. The Morgan fingerprint density at radius 1 is 1.22 bits per heavy atom. The highest BCUT2D eigenvalue weighted by Crippen LogP contribution is 2.38. The molecule has 3 aromatic rings. The molecule has 2 aliphatic heterocycles. The number of nitrogens with two attached hydrogens (primary N) is 1. The van der Waals surface area contributed by atoms with Crippen molar-refractivity contribution in [2.75, 3.05) is 13.1 Å². The van der Waals surface area contributed by atoms with Crippen LogP contribution in [0.15, 0.2) is 53.8 Å². The van der Waals surface area contributed by atoms with E-state index in [0.29, 0.717) is 30.8 Å². The van der Waals surface area contributed by atoms with E-state index >= 15 is 0 Å². The lowest BCUT2D eigenvalue weighted by atomic mass is 9.99. The smallest absolute Gasteiger partial charge is 0.298 e. The molecule has 1 aromatic heterocycles. The second-order valence-corrected chi connectivity index (χ2v) is 8.70. The van der Waals surface area contributed by atoms with Gasteiger partial charge in [-0.25, -0.2) is 8.78 Å². The van der Waals surface area contributed by atoms with Crippen LogP contribution in [-0.4, -0.2) is 40.6 Å². The van der Waals surface area contributed by atoms with Crippen molar-refractivity contribution in [3.05, 3.63) is 71.6 Å². The molecule has 1 fully saturated rings. The lowest BCUT2D eigenvalue weighted by Gasteiger charge is -2.24. The van der Waals surface area contributed by atoms with Crippen LogP contribution in [0.25, 0.3) is 11.1 Å². The van der Waals surface area contributed by atoms with E-state index in [9.17, 15) is 18.4 Å². The number of nitrogens with one attached hydrogen (secondary N) is 1. The average Bonchev–Trinajstić information content (AvgIpc) is 3.54. The number of hydrazone groups is 1. The van der Waals surface area contributed by atoms with Crippen molar-refractivity contribution in [1.82, 2.24) is 14.9 Å². The van der Waals surface area contributed by atoms with E-state index in [1.165, 1.54) is 6.07 Å². The molecule has 10 heteroatoms. The second kappa shape index (κ2) is 9.78. The van der Waals surface area contributed by atoms with Gasteiger partial charge in [0.2, 0.25) is 0 Å². The molecule has 37 heavy (non-hydrogen) atoms. The third-order valence-electron chi connectivity index (χ3n) is 6.46. The Hall–Kier alpha value is -4.65. The molecule has 2 aromatic carbocycles. The van der Waals surface area contributed by atoms with E-state index in [1.54, 1.807) is 36.1 Å². The average molecular weight is 504 g/mol. The molecular weight excluding hydrogens is 480 g/mol. The third-order valence-corrected chi connectivity index (χ3v) is 6.46. The second-order valence-electron chi connectivity index (χ2n) is 8.70. The molecule has 0 aliphatic carbocycles. The molecule has 2 unspecified atom stereocenters. The normalized spacial score (nSPS) is 18.2. The van der Waals surface area contributed by atoms with Gasteiger partial charge in [0.05, 0.1) is 11.7 Å². The number of benzene rings is 2. The molecule has 0 radical (unpaired) electrons. The summed E-state index contributed by atoms with van der Waals surface area (Å²) in [6, 6.07) is 9.35. The number of amides is 1. The van der Waals surface area contributed by atoms with Gasteiger partial charge in [0.1, 0.15) is 18.1 Å². The number of aldehydes is 1. The molecule has 188 valence electrons. The number of hydrogen-bond donors (Lipinski definition) is 2. The molecule has 3 N–H and O–H groups in total. The van der Waals surface area contributed by atoms with Gasteiger partial charge in [0, 0.05) is 30.4 Å². The van der Waals surface area contributed by atoms with Crippen LogP contribution in [0.1, 0.15) is 36.7 Å². The summed E-state index contributed by atoms with van der Waals surface area (Å²) in [5, 5.41) is 4.12. The van der Waals surface area contributed by atoms with Gasteiger partial charge in [-0.2, -0.15) is 5.10 Å². The maximum absolute atomic E-state index is 14.0. The van der Waals surface area contributed by atoms with Crippen LogP contribution in [0.5, 0.6) is 11.5 Å². The molecular formula is C27H23F2N5O3. The molecule has 0 saturated carbocycles. The van der Waals surface area contributed by atoms with E-state index in [0.717, 1.165) is 29.5 Å². The summed E-state index contributed by atoms with van der Waals surface area (Å²) in [6.45, 7) is 2.60. The van der Waals surface area contributed by atoms with Crippen LogP contribution in [0, 0.1) is 23.5 Å². The van der Waals surface area contributed by atoms with E-state index in [2.05, 4.69) is 22.4 Å². The highest BCUT2D eigenvalue weighted by Gasteiger charge is 2.35. The first kappa shape index (κ1) is 24.1. The Balaban J connectivity index is 1.51. The van der Waals surface area contributed by atoms with E-state index in [-0.39, 0.29) is 23.5 Å². The van der Waals surface area contributed by atoms with Crippen LogP contribution >= 0.6 is 0 Å². The van der Waals surface area contributed by atoms with Gasteiger partial charge < -0.3 is 24.7 Å². The van der Waals surface area contributed by atoms with E-state index < -0.39 is 23.4 Å². The first-order valence-electron chi connectivity index (χ1n) is 11.6. The zero-order chi connectivity index (χ0) is 26.1. The van der Waals surface area contributed by atoms with Gasteiger partial charge in [0.15, 0.2) is 23.2 Å². The minimum Gasteiger partial charge on any atom is -0.451 e. The van der Waals surface area contributed by atoms with E-state index in [1.807, 2.05) is 10.8 Å². The maximum atomic E-state index is 14.0. The van der Waals surface area contributed by atoms with Crippen molar-refractivity contribution < 1.29 is 23.1 Å². The fourth-order valence-corrected chi connectivity index (χ4v) is 4.74. The zero-order valence-electron chi connectivity index (χ0n) is 19.9. The number of likely N-dealkylation sites (tertiary alicyclic amines) is 1. The van der Waals surface area contributed by atoms with Crippen molar-refractivity contribution in [2.24, 2.45) is 10.8 Å². The summed E-state index contributed by atoms with van der Waals surface area (Å²) in [5.74, 6) is 3.34. The molecule has 0 spiro atoms. The van der Waals surface area contributed by atoms with E-state index in [4.69, 9.17) is 10.5 Å². The number of hydrogen-bond acceptors (Lipinski definition) is 6. The Bertz CT molecular complexity index is 1450. The molecule has 2 aliphatic rings. The highest BCUT2D eigenvalue weighted by molar-refractivity contribution is 6.06. The molecule has 2 atom stereocenters. The number of rotatable bonds is 5. The molecule has 0 bridgehead atoms. The predicted octanol–water partition coefficient (Wildman–Crippen LogP) is 3.49. The van der Waals surface area contributed by atoms with Crippen molar-refractivity contribution in [1.29, 1.82) is 0 Å². The highest BCUT2D eigenvalue weighted by atomic mass is 19.1. The number of aromatic nitrogens is 1. The summed E-state index contributed by atoms with van der Waals surface area (Å²) in [5.41, 5.74) is 11.8. The number of ether oxygens (including phenoxy) is 1. The van der Waals surface area contributed by atoms with Crippen LogP contribution in [-0.2, 0) is 9.59 Å². The molecule has 3 heterocycles. The monoisotopic (exact) mass is 503 g/mol. The number of halogens is 2. The quantitative estimate of drug-likeness (QED) is 0.410. The van der Waals surface area contributed by atoms with Crippen molar-refractivity contribution in [2.45, 2.75) is 25.4 Å². The Kier molecular flexibility index (Phi) is 6.36. The summed E-state index contributed by atoms with van der Waals surface area (Å²) in [6.07, 6.45) is 3.34. The van der Waals surface area contributed by atoms with Gasteiger partial charge in [-0.3, -0.25) is 10.2 Å². The predicted molar refractivity (Wildman–Crippen MR) is 133 cm³/mol. The summed E-state index contributed by atoms with van der Waals surface area (Å²) < 4.78 is 35.4. The van der Waals surface area contributed by atoms with Gasteiger partial charge in [0.25, 0.3) is 5.91 Å². The molecule has 8 nitrogen and oxygen atoms in total. The number of para-hydroxylation sites is 1. The number of nitrogens with zero attached hydrogens (tertiary/aromatic N) is 3. The molecule has 5 rings (SSSR count). The van der Waals surface area contributed by atoms with Crippen LogP contribution < -0.4 is 15.9 Å². The van der Waals surface area contributed by atoms with Crippen molar-refractivity contribution in [3.8, 4) is 34.5 Å². The van der Waals surface area contributed by atoms with Crippen molar-refractivity contribution >= 4 is 18.0 Å². The number of carbonyl (C=O) groups excluding carboxylic acids is 2. The third kappa shape index (κ3) is 4.40. The SMILES string of the molecule is CC#CC(=O)N1CCC(n2cc(-c3ccc(Oc4c(F)cccc4F)cc3)c3c2C(C=O)NN=C3N)C1. The Morgan fingerprint density at radius 3 is 2.62 bits per heavy atom. The Labute approximate surface area is 211 Å². The van der Waals surface area contributed by atoms with Crippen LogP contribution in [0.4, 0.5) is 8.78 Å². The summed E-state index contributed by atoms with van der Waals surface area (Å²) in [4.78, 5) is 25.9. The van der Waals surface area contributed by atoms with Crippen molar-refractivity contribution in [3.63, 3.8) is 0 Å². The lowest BCUT2D eigenvalue weighted by Crippen LogP contribution is -2.33. The first-order valence-corrected chi connectivity index (χ1v) is 11.6. The summed E-state index contributed by atoms with van der Waals surface area (Å²) >= 11 is 0. The van der Waals surface area contributed by atoms with Gasteiger partial charge in [-0.15, -0.1) is 0 Å². The lowest BCUT2D eigenvalue weighted by molar-refractivity contribution is -0.124. The minimum atomic E-state index is -0.805.